The van der Waals surface area contributed by atoms with Gasteiger partial charge in [0, 0.05) is 10.6 Å². The number of benzene rings is 2. The fourth-order valence-corrected chi connectivity index (χ4v) is 4.58. The van der Waals surface area contributed by atoms with Crippen molar-refractivity contribution < 1.29 is 14.6 Å². The summed E-state index contributed by atoms with van der Waals surface area (Å²) in [6.07, 6.45) is 0. The number of methoxy groups -OCH3 is 1. The van der Waals surface area contributed by atoms with E-state index in [0.29, 0.717) is 22.3 Å². The smallest absolute Gasteiger partial charge is 0.235 e. The molecule has 28 heavy (non-hydrogen) atoms. The van der Waals surface area contributed by atoms with Gasteiger partial charge in [-0.3, -0.25) is 4.79 Å². The number of fused-ring (bicyclic) bond motifs is 1. The fraction of sp³-hybridized carbons (Fsp3) is 0.200. The van der Waals surface area contributed by atoms with Crippen LogP contribution in [0.2, 0.25) is 5.02 Å². The van der Waals surface area contributed by atoms with Gasteiger partial charge in [-0.1, -0.05) is 17.7 Å². The second-order valence-electron chi connectivity index (χ2n) is 6.41. The number of hydrogen-bond donors (Lipinski definition) is 2. The maximum absolute atomic E-state index is 12.4. The van der Waals surface area contributed by atoms with Crippen molar-refractivity contribution in [1.29, 1.82) is 0 Å². The number of carbonyl (C=O) groups excluding carboxylic acids is 1. The molecule has 144 valence electrons. The monoisotopic (exact) mass is 415 g/mol. The van der Waals surface area contributed by atoms with E-state index in [-0.39, 0.29) is 16.9 Å². The van der Waals surface area contributed by atoms with Crippen molar-refractivity contribution in [2.75, 3.05) is 18.2 Å². The number of amides is 1. The van der Waals surface area contributed by atoms with E-state index in [2.05, 4.69) is 10.4 Å². The van der Waals surface area contributed by atoms with Crippen LogP contribution in [0, 0.1) is 6.92 Å². The minimum Gasteiger partial charge on any atom is -0.504 e. The quantitative estimate of drug-likeness (QED) is 0.666. The summed E-state index contributed by atoms with van der Waals surface area (Å²) in [7, 11) is 1.51. The minimum atomic E-state index is -0.135. The van der Waals surface area contributed by atoms with Gasteiger partial charge in [0.2, 0.25) is 5.91 Å². The molecule has 4 rings (SSSR count). The number of aryl methyl sites for hydroxylation is 1. The van der Waals surface area contributed by atoms with Crippen LogP contribution in [0.3, 0.4) is 0 Å². The summed E-state index contributed by atoms with van der Waals surface area (Å²) >= 11 is 7.52. The molecule has 0 spiro atoms. The molecule has 1 aromatic heterocycles. The van der Waals surface area contributed by atoms with E-state index in [1.165, 1.54) is 18.9 Å². The molecule has 8 heteroatoms. The number of nitrogens with one attached hydrogen (secondary N) is 1. The molecule has 1 atom stereocenters. The Kier molecular flexibility index (Phi) is 4.95. The second kappa shape index (κ2) is 7.41. The number of aromatic hydroxyl groups is 1. The molecule has 2 N–H and O–H groups in total. The molecule has 0 saturated heterocycles. The molecule has 1 aliphatic heterocycles. The Balaban J connectivity index is 1.87. The Morgan fingerprint density at radius 1 is 1.29 bits per heavy atom. The minimum absolute atomic E-state index is 0.0767. The van der Waals surface area contributed by atoms with Crippen LogP contribution in [0.15, 0.2) is 42.5 Å². The molecule has 0 bridgehead atoms. The number of phenolic OH excluding ortho intramolecular Hbond substituents is 1. The molecule has 0 aliphatic carbocycles. The van der Waals surface area contributed by atoms with Crippen molar-refractivity contribution in [2.45, 2.75) is 12.2 Å². The van der Waals surface area contributed by atoms with E-state index in [1.807, 2.05) is 25.1 Å². The summed E-state index contributed by atoms with van der Waals surface area (Å²) in [5.41, 5.74) is 3.48. The molecule has 0 fully saturated rings. The van der Waals surface area contributed by atoms with E-state index < -0.39 is 0 Å². The lowest BCUT2D eigenvalue weighted by Crippen LogP contribution is -2.15. The largest absolute Gasteiger partial charge is 0.504 e. The van der Waals surface area contributed by atoms with Crippen LogP contribution in [0.25, 0.3) is 5.69 Å². The number of hydrogen-bond acceptors (Lipinski definition) is 5. The van der Waals surface area contributed by atoms with Crippen molar-refractivity contribution in [3.63, 3.8) is 0 Å². The Labute approximate surface area is 171 Å². The lowest BCUT2D eigenvalue weighted by Gasteiger charge is -2.16. The van der Waals surface area contributed by atoms with E-state index in [0.717, 1.165) is 22.5 Å². The molecular formula is C20H18ClN3O3S. The average Bonchev–Trinajstić information content (AvgIpc) is 2.89. The molecule has 6 nitrogen and oxygen atoms in total. The van der Waals surface area contributed by atoms with Crippen LogP contribution >= 0.6 is 23.4 Å². The molecule has 0 unspecified atom stereocenters. The highest BCUT2D eigenvalue weighted by Gasteiger charge is 2.31. The number of thioether (sulfide) groups is 1. The predicted molar refractivity (Wildman–Crippen MR) is 111 cm³/mol. The van der Waals surface area contributed by atoms with Crippen molar-refractivity contribution in [1.82, 2.24) is 9.78 Å². The molecule has 0 saturated carbocycles. The molecule has 2 aromatic carbocycles. The second-order valence-corrected chi connectivity index (χ2v) is 7.94. The van der Waals surface area contributed by atoms with Gasteiger partial charge in [-0.15, -0.1) is 11.8 Å². The lowest BCUT2D eigenvalue weighted by molar-refractivity contribution is -0.113. The normalized spacial score (nSPS) is 16.2. The highest BCUT2D eigenvalue weighted by Crippen LogP contribution is 2.45. The zero-order valence-corrected chi connectivity index (χ0v) is 16.8. The average molecular weight is 416 g/mol. The van der Waals surface area contributed by atoms with E-state index in [4.69, 9.17) is 16.3 Å². The summed E-state index contributed by atoms with van der Waals surface area (Å²) in [6, 6.07) is 12.5. The van der Waals surface area contributed by atoms with Gasteiger partial charge in [0.15, 0.2) is 11.5 Å². The molecule has 1 amide bonds. The third-order valence-electron chi connectivity index (χ3n) is 4.59. The molecule has 0 radical (unpaired) electrons. The number of rotatable bonds is 3. The number of phenols is 1. The summed E-state index contributed by atoms with van der Waals surface area (Å²) in [6.45, 7) is 1.92. The number of halogens is 1. The van der Waals surface area contributed by atoms with E-state index in [1.54, 1.807) is 28.9 Å². The Hall–Kier alpha value is -2.64. The van der Waals surface area contributed by atoms with Crippen LogP contribution in [-0.2, 0) is 4.79 Å². The third-order valence-corrected chi connectivity index (χ3v) is 6.11. The third kappa shape index (κ3) is 3.31. The van der Waals surface area contributed by atoms with Crippen LogP contribution in [0.1, 0.15) is 22.1 Å². The van der Waals surface area contributed by atoms with Gasteiger partial charge in [-0.2, -0.15) is 5.10 Å². The number of ether oxygens (including phenoxy) is 1. The SMILES string of the molecule is COc1cc([C@H]2SCC(=O)Nc3c2c(C)nn3-c2ccc(Cl)cc2)ccc1O. The van der Waals surface area contributed by atoms with Crippen molar-refractivity contribution in [3.05, 3.63) is 64.3 Å². The Morgan fingerprint density at radius 2 is 2.04 bits per heavy atom. The van der Waals surface area contributed by atoms with E-state index in [9.17, 15) is 9.90 Å². The summed E-state index contributed by atoms with van der Waals surface area (Å²) in [4.78, 5) is 12.4. The highest BCUT2D eigenvalue weighted by atomic mass is 35.5. The van der Waals surface area contributed by atoms with Crippen LogP contribution in [0.5, 0.6) is 11.5 Å². The zero-order chi connectivity index (χ0) is 19.8. The van der Waals surface area contributed by atoms with Gasteiger partial charge in [-0.05, 0) is 48.9 Å². The van der Waals surface area contributed by atoms with Gasteiger partial charge in [0.25, 0.3) is 0 Å². The van der Waals surface area contributed by atoms with Crippen LogP contribution in [-0.4, -0.2) is 33.7 Å². The Bertz CT molecular complexity index is 1050. The summed E-state index contributed by atoms with van der Waals surface area (Å²) in [5, 5.41) is 18.1. The number of aromatic nitrogens is 2. The number of nitrogens with zero attached hydrogens (tertiary/aromatic N) is 2. The van der Waals surface area contributed by atoms with Crippen molar-refractivity contribution in [2.24, 2.45) is 0 Å². The number of carbonyl (C=O) groups is 1. The van der Waals surface area contributed by atoms with Crippen molar-refractivity contribution >= 4 is 35.1 Å². The lowest BCUT2D eigenvalue weighted by atomic mass is 10.0. The topological polar surface area (TPSA) is 76.4 Å². The van der Waals surface area contributed by atoms with Crippen LogP contribution < -0.4 is 10.1 Å². The summed E-state index contributed by atoms with van der Waals surface area (Å²) < 4.78 is 6.99. The Morgan fingerprint density at radius 3 is 2.75 bits per heavy atom. The number of anilines is 1. The highest BCUT2D eigenvalue weighted by molar-refractivity contribution is 8.00. The van der Waals surface area contributed by atoms with Crippen LogP contribution in [0.4, 0.5) is 5.82 Å². The summed E-state index contributed by atoms with van der Waals surface area (Å²) in [5.74, 6) is 1.34. The van der Waals surface area contributed by atoms with Gasteiger partial charge in [0.1, 0.15) is 5.82 Å². The molecule has 2 heterocycles. The maximum atomic E-state index is 12.4. The fourth-order valence-electron chi connectivity index (χ4n) is 3.27. The predicted octanol–water partition coefficient (Wildman–Crippen LogP) is 4.32. The van der Waals surface area contributed by atoms with Gasteiger partial charge in [-0.25, -0.2) is 4.68 Å². The standard InChI is InChI=1S/C20H18ClN3O3S/c1-11-18-19(12-3-8-15(25)16(9-12)27-2)28-10-17(26)22-20(18)24(23-11)14-6-4-13(21)5-7-14/h3-9,19,25H,10H2,1-2H3,(H,22,26)/t19-/m1/s1. The molecule has 1 aliphatic rings. The van der Waals surface area contributed by atoms with Crippen molar-refractivity contribution in [3.8, 4) is 17.2 Å². The first-order chi connectivity index (χ1) is 13.5. The van der Waals surface area contributed by atoms with Gasteiger partial charge in [0.05, 0.1) is 29.5 Å². The zero-order valence-electron chi connectivity index (χ0n) is 15.3. The molecular weight excluding hydrogens is 398 g/mol. The van der Waals surface area contributed by atoms with Gasteiger partial charge < -0.3 is 15.2 Å². The molecule has 3 aromatic rings. The first-order valence-electron chi connectivity index (χ1n) is 8.61. The maximum Gasteiger partial charge on any atom is 0.235 e. The van der Waals surface area contributed by atoms with E-state index >= 15 is 0 Å². The first-order valence-corrected chi connectivity index (χ1v) is 10.0. The first kappa shape index (κ1) is 18.7. The van der Waals surface area contributed by atoms with Gasteiger partial charge >= 0.3 is 0 Å².